The van der Waals surface area contributed by atoms with Crippen LogP contribution in [0.3, 0.4) is 0 Å². The topological polar surface area (TPSA) is 201 Å². The maximum absolute atomic E-state index is 15.9. The van der Waals surface area contributed by atoms with Gasteiger partial charge in [-0.05, 0) is 113 Å². The molecule has 7 rings (SSSR count). The Bertz CT molecular complexity index is 2680. The molecule has 0 aromatic heterocycles. The molecule has 2 heterocycles. The summed E-state index contributed by atoms with van der Waals surface area (Å²) in [5.74, 6) is -5.49. The summed E-state index contributed by atoms with van der Waals surface area (Å²) in [6, 6.07) is 11.4. The van der Waals surface area contributed by atoms with Crippen molar-refractivity contribution in [2.45, 2.75) is 168 Å². The van der Waals surface area contributed by atoms with Crippen molar-refractivity contribution in [1.29, 1.82) is 0 Å². The number of hydrogen-bond acceptors (Lipinski definition) is 9. The van der Waals surface area contributed by atoms with Gasteiger partial charge in [0.25, 0.3) is 0 Å². The molecular weight excluding hydrogens is 973 g/mol. The maximum Gasteiger partial charge on any atom is 0.246 e. The summed E-state index contributed by atoms with van der Waals surface area (Å²) in [6.07, 6.45) is 3.19. The first-order valence-corrected chi connectivity index (χ1v) is 26.9. The smallest absolute Gasteiger partial charge is 0.246 e. The zero-order valence-electron chi connectivity index (χ0n) is 46.1. The third-order valence-electron chi connectivity index (χ3n) is 16.2. The number of rotatable bonds is 17. The molecule has 7 amide bonds. The minimum atomic E-state index is -1.23. The number of halogens is 2. The SMILES string of the molecule is CN[C@@H](C)C(=O)NC(C(=O)N1C[C@@H](NC(=O)C2(CN(C(=O)[C@@H]3Cc4ccccc4CN3C(=O)[C@@H](NC(=O)[C@H](C)NC)C(C)(C)C)[C@H](C)c3cccc(F)c3F)CC2)C[C@H]1C(=O)N[C@@H]1CCCc2ccccc21)C(C)(C)C. The van der Waals surface area contributed by atoms with Gasteiger partial charge in [-0.25, -0.2) is 8.78 Å². The van der Waals surface area contributed by atoms with Crippen LogP contribution in [0.15, 0.2) is 66.7 Å². The third kappa shape index (κ3) is 12.4. The van der Waals surface area contributed by atoms with Gasteiger partial charge < -0.3 is 46.6 Å². The van der Waals surface area contributed by atoms with Crippen molar-refractivity contribution in [3.8, 4) is 0 Å². The van der Waals surface area contributed by atoms with Crippen molar-refractivity contribution in [2.24, 2.45) is 16.2 Å². The Labute approximate surface area is 446 Å². The molecule has 1 saturated carbocycles. The summed E-state index contributed by atoms with van der Waals surface area (Å²) >= 11 is 0. The van der Waals surface area contributed by atoms with Crippen molar-refractivity contribution in [3.63, 3.8) is 0 Å². The summed E-state index contributed by atoms with van der Waals surface area (Å²) in [5.41, 5.74) is 0.812. The van der Waals surface area contributed by atoms with Gasteiger partial charge in [-0.1, -0.05) is 102 Å². The predicted molar refractivity (Wildman–Crippen MR) is 285 cm³/mol. The first-order chi connectivity index (χ1) is 35.8. The second-order valence-electron chi connectivity index (χ2n) is 23.7. The second-order valence-corrected chi connectivity index (χ2v) is 23.7. The van der Waals surface area contributed by atoms with Crippen LogP contribution in [-0.4, -0.2) is 126 Å². The van der Waals surface area contributed by atoms with Crippen LogP contribution >= 0.6 is 0 Å². The molecule has 2 aliphatic carbocycles. The minimum Gasteiger partial charge on any atom is -0.351 e. The second kappa shape index (κ2) is 23.1. The van der Waals surface area contributed by atoms with Crippen LogP contribution in [0, 0.1) is 27.9 Å². The Morgan fingerprint density at radius 1 is 0.711 bits per heavy atom. The summed E-state index contributed by atoms with van der Waals surface area (Å²) < 4.78 is 31.0. The van der Waals surface area contributed by atoms with Gasteiger partial charge in [0.05, 0.1) is 29.6 Å². The molecule has 4 aliphatic rings. The van der Waals surface area contributed by atoms with Crippen molar-refractivity contribution in [3.05, 3.63) is 106 Å². The first kappa shape index (κ1) is 57.4. The molecule has 3 aromatic carbocycles. The van der Waals surface area contributed by atoms with Crippen molar-refractivity contribution in [1.82, 2.24) is 46.6 Å². The first-order valence-electron chi connectivity index (χ1n) is 26.9. The largest absolute Gasteiger partial charge is 0.351 e. The van der Waals surface area contributed by atoms with Crippen LogP contribution in [0.25, 0.3) is 0 Å². The zero-order chi connectivity index (χ0) is 55.6. The quantitative estimate of drug-likeness (QED) is 0.106. The standard InChI is InChI=1S/C58H79F2N9O7/c1-33(61-10)49(70)65-47(56(4,5)6)53(74)67-30-38-20-13-12-19-37(38)28-45(67)52(73)69(35(3)40-23-17-24-42(59)46(40)60)32-58(26-27-58)55(76)63-39-29-44(51(72)64-43-25-16-21-36-18-14-15-22-41(36)43)68(31-39)54(75)48(57(7,8)9)66-50(71)34(2)62-11/h12-15,17-20,22-24,33-35,39,43-45,47-48,61-62H,16,21,25-32H2,1-11H3,(H,63,76)(H,64,72)(H,65,70)(H,66,71)/t33-,34-,35+,39-,43+,44-,45-,47+,48?/m0/s1. The Morgan fingerprint density at radius 3 is 1.86 bits per heavy atom. The van der Waals surface area contributed by atoms with E-state index >= 15 is 23.2 Å². The molecule has 1 saturated heterocycles. The number of nitrogens with zero attached hydrogens (tertiary/aromatic N) is 3. The van der Waals surface area contributed by atoms with Crippen molar-refractivity contribution >= 4 is 41.4 Å². The molecule has 3 aromatic rings. The summed E-state index contributed by atoms with van der Waals surface area (Å²) in [5, 5.41) is 18.0. The van der Waals surface area contributed by atoms with E-state index in [0.29, 0.717) is 19.3 Å². The number of carbonyl (C=O) groups is 7. The van der Waals surface area contributed by atoms with Gasteiger partial charge in [0.2, 0.25) is 41.4 Å². The van der Waals surface area contributed by atoms with Crippen LogP contribution in [0.4, 0.5) is 8.78 Å². The summed E-state index contributed by atoms with van der Waals surface area (Å²) in [4.78, 5) is 106. The predicted octanol–water partition coefficient (Wildman–Crippen LogP) is 5.15. The van der Waals surface area contributed by atoms with Crippen LogP contribution in [0.1, 0.15) is 134 Å². The fourth-order valence-corrected chi connectivity index (χ4v) is 10.9. The molecule has 0 bridgehead atoms. The highest BCUT2D eigenvalue weighted by atomic mass is 19.2. The third-order valence-corrected chi connectivity index (χ3v) is 16.2. The molecule has 2 fully saturated rings. The Kier molecular flexibility index (Phi) is 17.5. The lowest BCUT2D eigenvalue weighted by Crippen LogP contribution is -2.62. The van der Waals surface area contributed by atoms with Crippen LogP contribution in [-0.2, 0) is 52.9 Å². The average Bonchev–Trinajstić information content (AvgIpc) is 4.07. The fourth-order valence-electron chi connectivity index (χ4n) is 10.9. The highest BCUT2D eigenvalue weighted by Gasteiger charge is 2.55. The number of aryl methyl sites for hydroxylation is 1. The number of benzene rings is 3. The molecule has 16 nitrogen and oxygen atoms in total. The number of carbonyl (C=O) groups excluding carboxylic acids is 7. The monoisotopic (exact) mass is 1050 g/mol. The van der Waals surface area contributed by atoms with Gasteiger partial charge in [-0.3, -0.25) is 33.6 Å². The maximum atomic E-state index is 15.9. The van der Waals surface area contributed by atoms with E-state index in [9.17, 15) is 19.2 Å². The van der Waals surface area contributed by atoms with Crippen LogP contribution in [0.5, 0.6) is 0 Å². The lowest BCUT2D eigenvalue weighted by molar-refractivity contribution is -0.153. The van der Waals surface area contributed by atoms with Gasteiger partial charge in [-0.15, -0.1) is 0 Å². The van der Waals surface area contributed by atoms with Crippen molar-refractivity contribution < 1.29 is 42.3 Å². The highest BCUT2D eigenvalue weighted by molar-refractivity contribution is 5.96. The van der Waals surface area contributed by atoms with E-state index in [-0.39, 0.29) is 44.1 Å². The summed E-state index contributed by atoms with van der Waals surface area (Å²) in [7, 11) is 3.27. The lowest BCUT2D eigenvalue weighted by atomic mass is 9.84. The van der Waals surface area contributed by atoms with Gasteiger partial charge in [0.1, 0.15) is 24.2 Å². The molecule has 2 aliphatic heterocycles. The Morgan fingerprint density at radius 2 is 1.28 bits per heavy atom. The van der Waals surface area contributed by atoms with Crippen molar-refractivity contribution in [2.75, 3.05) is 27.2 Å². The average molecular weight is 1050 g/mol. The molecule has 412 valence electrons. The molecule has 0 spiro atoms. The molecule has 18 heteroatoms. The lowest BCUT2D eigenvalue weighted by Gasteiger charge is -2.44. The van der Waals surface area contributed by atoms with E-state index in [4.69, 9.17) is 0 Å². The minimum absolute atomic E-state index is 0.0186. The van der Waals surface area contributed by atoms with E-state index in [0.717, 1.165) is 41.2 Å². The number of nitrogens with one attached hydrogen (secondary N) is 6. The van der Waals surface area contributed by atoms with E-state index in [2.05, 4.69) is 31.9 Å². The number of hydrogen-bond donors (Lipinski definition) is 6. The molecule has 76 heavy (non-hydrogen) atoms. The number of likely N-dealkylation sites (N-methyl/N-ethyl adjacent to an activating group) is 2. The molecular formula is C58H79F2N9O7. The number of fused-ring (bicyclic) bond motifs is 2. The van der Waals surface area contributed by atoms with E-state index in [1.54, 1.807) is 34.9 Å². The molecule has 1 unspecified atom stereocenters. The Hall–Kier alpha value is -6.27. The van der Waals surface area contributed by atoms with Crippen LogP contribution < -0.4 is 31.9 Å². The summed E-state index contributed by atoms with van der Waals surface area (Å²) in [6.45, 7) is 15.6. The van der Waals surface area contributed by atoms with Crippen LogP contribution in [0.2, 0.25) is 0 Å². The van der Waals surface area contributed by atoms with E-state index < -0.39 is 118 Å². The number of amides is 7. The molecule has 0 radical (unpaired) electrons. The van der Waals surface area contributed by atoms with Gasteiger partial charge >= 0.3 is 0 Å². The Balaban J connectivity index is 1.21. The van der Waals surface area contributed by atoms with Gasteiger partial charge in [0, 0.05) is 37.7 Å². The van der Waals surface area contributed by atoms with Gasteiger partial charge in [-0.2, -0.15) is 0 Å². The zero-order valence-corrected chi connectivity index (χ0v) is 46.1. The fraction of sp³-hybridized carbons (Fsp3) is 0.569. The molecule has 9 atom stereocenters. The van der Waals surface area contributed by atoms with E-state index in [1.807, 2.05) is 90.1 Å². The molecule has 6 N–H and O–H groups in total. The highest BCUT2D eigenvalue weighted by Crippen LogP contribution is 2.49. The number of likely N-dealkylation sites (tertiary alicyclic amines) is 1. The normalized spacial score (nSPS) is 21.9. The van der Waals surface area contributed by atoms with Gasteiger partial charge in [0.15, 0.2) is 11.6 Å². The van der Waals surface area contributed by atoms with E-state index in [1.165, 1.54) is 26.8 Å².